The van der Waals surface area contributed by atoms with Gasteiger partial charge in [-0.1, -0.05) is 49.4 Å². The molecule has 1 aromatic heterocycles. The van der Waals surface area contributed by atoms with Crippen LogP contribution in [0.15, 0.2) is 65.5 Å². The Balaban J connectivity index is 1.73. The second-order valence-electron chi connectivity index (χ2n) is 6.65. The second kappa shape index (κ2) is 6.72. The summed E-state index contributed by atoms with van der Waals surface area (Å²) in [6.45, 7) is 3.94. The van der Waals surface area contributed by atoms with E-state index in [4.69, 9.17) is 0 Å². The summed E-state index contributed by atoms with van der Waals surface area (Å²) in [7, 11) is 0. The number of amides is 1. The molecule has 27 heavy (non-hydrogen) atoms. The first-order chi connectivity index (χ1) is 13.1. The van der Waals surface area contributed by atoms with Crippen molar-refractivity contribution < 1.29 is 4.79 Å². The summed E-state index contributed by atoms with van der Waals surface area (Å²) in [6.07, 6.45) is 0.691. The summed E-state index contributed by atoms with van der Waals surface area (Å²) in [6, 6.07) is 19.1. The minimum absolute atomic E-state index is 0.0694. The lowest BCUT2D eigenvalue weighted by Crippen LogP contribution is -2.15. The number of aromatic amines is 1. The van der Waals surface area contributed by atoms with Crippen molar-refractivity contribution in [3.63, 3.8) is 0 Å². The number of benzene rings is 3. The van der Waals surface area contributed by atoms with Gasteiger partial charge in [-0.25, -0.2) is 0 Å². The molecule has 0 fully saturated rings. The summed E-state index contributed by atoms with van der Waals surface area (Å²) in [5.41, 5.74) is 3.72. The van der Waals surface area contributed by atoms with Crippen LogP contribution < -0.4 is 10.9 Å². The molecule has 1 heterocycles. The van der Waals surface area contributed by atoms with Gasteiger partial charge >= 0.3 is 0 Å². The third-order valence-corrected chi connectivity index (χ3v) is 5.04. The number of rotatable bonds is 3. The summed E-state index contributed by atoms with van der Waals surface area (Å²) in [4.78, 5) is 28.0. The van der Waals surface area contributed by atoms with E-state index >= 15 is 0 Å². The van der Waals surface area contributed by atoms with Crippen molar-refractivity contribution in [2.24, 2.45) is 0 Å². The molecule has 0 aliphatic heterocycles. The Morgan fingerprint density at radius 3 is 2.59 bits per heavy atom. The number of carbonyl (C=O) groups is 1. The van der Waals surface area contributed by atoms with E-state index in [0.717, 1.165) is 32.8 Å². The lowest BCUT2D eigenvalue weighted by atomic mass is 10.0. The first-order valence-corrected chi connectivity index (χ1v) is 9.03. The number of hydrogen-bond donors (Lipinski definition) is 2. The second-order valence-corrected chi connectivity index (χ2v) is 6.65. The largest absolute Gasteiger partial charge is 0.322 e. The normalized spacial score (nSPS) is 11.0. The zero-order valence-corrected chi connectivity index (χ0v) is 15.3. The number of pyridine rings is 1. The quantitative estimate of drug-likeness (QED) is 0.554. The van der Waals surface area contributed by atoms with E-state index in [2.05, 4.69) is 10.3 Å². The van der Waals surface area contributed by atoms with Crippen molar-refractivity contribution in [1.82, 2.24) is 4.98 Å². The monoisotopic (exact) mass is 356 g/mol. The topological polar surface area (TPSA) is 62.0 Å². The first-order valence-electron chi connectivity index (χ1n) is 9.03. The average Bonchev–Trinajstić information content (AvgIpc) is 2.67. The maximum Gasteiger partial charge on any atom is 0.256 e. The Hall–Kier alpha value is -3.40. The van der Waals surface area contributed by atoms with Gasteiger partial charge < -0.3 is 10.3 Å². The molecular weight excluding hydrogens is 336 g/mol. The zero-order chi connectivity index (χ0) is 19.0. The highest BCUT2D eigenvalue weighted by Gasteiger charge is 2.12. The van der Waals surface area contributed by atoms with Crippen molar-refractivity contribution in [2.75, 3.05) is 5.32 Å². The number of carbonyl (C=O) groups excluding carboxylic acids is 1. The minimum atomic E-state index is -0.171. The molecule has 0 radical (unpaired) electrons. The fourth-order valence-electron chi connectivity index (χ4n) is 3.63. The van der Waals surface area contributed by atoms with E-state index in [0.29, 0.717) is 17.7 Å². The van der Waals surface area contributed by atoms with Gasteiger partial charge in [0.25, 0.3) is 11.5 Å². The maximum atomic E-state index is 12.8. The van der Waals surface area contributed by atoms with Crippen LogP contribution in [0.2, 0.25) is 0 Å². The number of fused-ring (bicyclic) bond motifs is 2. The molecule has 0 aliphatic carbocycles. The predicted octanol–water partition coefficient (Wildman–Crippen LogP) is 4.80. The van der Waals surface area contributed by atoms with Crippen LogP contribution in [-0.4, -0.2) is 10.9 Å². The van der Waals surface area contributed by atoms with Crippen molar-refractivity contribution in [3.05, 3.63) is 87.7 Å². The average molecular weight is 356 g/mol. The fourth-order valence-corrected chi connectivity index (χ4v) is 3.63. The fraction of sp³-hybridized carbons (Fsp3) is 0.130. The molecule has 4 rings (SSSR count). The van der Waals surface area contributed by atoms with Gasteiger partial charge in [0.15, 0.2) is 0 Å². The lowest BCUT2D eigenvalue weighted by Gasteiger charge is -2.11. The molecule has 4 aromatic rings. The Bertz CT molecular complexity index is 1230. The van der Waals surface area contributed by atoms with Crippen LogP contribution in [0.5, 0.6) is 0 Å². The standard InChI is InChI=1S/C23H20N2O2/c1-3-17-14(2)18-12-11-16(13-21(18)25-22(17)26)24-23(27)20-10-6-8-15-7-4-5-9-19(15)20/h4-13H,3H2,1-2H3,(H,24,27)(H,25,26). The highest BCUT2D eigenvalue weighted by Crippen LogP contribution is 2.23. The summed E-state index contributed by atoms with van der Waals surface area (Å²) < 4.78 is 0. The highest BCUT2D eigenvalue weighted by atomic mass is 16.1. The molecule has 2 N–H and O–H groups in total. The third-order valence-electron chi connectivity index (χ3n) is 5.04. The number of H-pyrrole nitrogens is 1. The molecular formula is C23H20N2O2. The van der Waals surface area contributed by atoms with Gasteiger partial charge in [0.05, 0.1) is 5.52 Å². The first kappa shape index (κ1) is 17.0. The Labute approximate surface area is 156 Å². The maximum absolute atomic E-state index is 12.8. The number of nitrogens with one attached hydrogen (secondary N) is 2. The molecule has 0 aliphatic rings. The molecule has 0 saturated carbocycles. The van der Waals surface area contributed by atoms with Gasteiger partial charge in [0, 0.05) is 22.2 Å². The molecule has 0 bridgehead atoms. The van der Waals surface area contributed by atoms with E-state index < -0.39 is 0 Å². The summed E-state index contributed by atoms with van der Waals surface area (Å²) in [5, 5.41) is 5.88. The molecule has 3 aromatic carbocycles. The van der Waals surface area contributed by atoms with Gasteiger partial charge in [-0.05, 0) is 47.9 Å². The van der Waals surface area contributed by atoms with Crippen LogP contribution in [0.25, 0.3) is 21.7 Å². The van der Waals surface area contributed by atoms with Crippen LogP contribution in [0.4, 0.5) is 5.69 Å². The summed E-state index contributed by atoms with van der Waals surface area (Å²) in [5.74, 6) is -0.171. The molecule has 0 saturated heterocycles. The van der Waals surface area contributed by atoms with E-state index in [1.807, 2.05) is 74.5 Å². The van der Waals surface area contributed by atoms with Gasteiger partial charge in [-0.2, -0.15) is 0 Å². The van der Waals surface area contributed by atoms with Gasteiger partial charge in [0.1, 0.15) is 0 Å². The molecule has 0 unspecified atom stereocenters. The van der Waals surface area contributed by atoms with Crippen LogP contribution in [0.3, 0.4) is 0 Å². The smallest absolute Gasteiger partial charge is 0.256 e. The number of hydrogen-bond acceptors (Lipinski definition) is 2. The lowest BCUT2D eigenvalue weighted by molar-refractivity contribution is 0.102. The van der Waals surface area contributed by atoms with Crippen molar-refractivity contribution in [3.8, 4) is 0 Å². The molecule has 4 nitrogen and oxygen atoms in total. The Morgan fingerprint density at radius 2 is 1.78 bits per heavy atom. The van der Waals surface area contributed by atoms with Crippen LogP contribution >= 0.6 is 0 Å². The van der Waals surface area contributed by atoms with Crippen molar-refractivity contribution in [1.29, 1.82) is 0 Å². The molecule has 134 valence electrons. The highest BCUT2D eigenvalue weighted by molar-refractivity contribution is 6.13. The van der Waals surface area contributed by atoms with Crippen LogP contribution in [-0.2, 0) is 6.42 Å². The number of aromatic nitrogens is 1. The van der Waals surface area contributed by atoms with Crippen molar-refractivity contribution in [2.45, 2.75) is 20.3 Å². The van der Waals surface area contributed by atoms with E-state index in [9.17, 15) is 9.59 Å². The number of aryl methyl sites for hydroxylation is 1. The predicted molar refractivity (Wildman–Crippen MR) is 111 cm³/mol. The Kier molecular flexibility index (Phi) is 4.24. The minimum Gasteiger partial charge on any atom is -0.322 e. The molecule has 1 amide bonds. The molecule has 0 atom stereocenters. The van der Waals surface area contributed by atoms with Gasteiger partial charge in [-0.15, -0.1) is 0 Å². The Morgan fingerprint density at radius 1 is 1.00 bits per heavy atom. The van der Waals surface area contributed by atoms with Gasteiger partial charge in [-0.3, -0.25) is 9.59 Å². The van der Waals surface area contributed by atoms with Gasteiger partial charge in [0.2, 0.25) is 0 Å². The summed E-state index contributed by atoms with van der Waals surface area (Å²) >= 11 is 0. The third kappa shape index (κ3) is 2.99. The molecule has 4 heteroatoms. The van der Waals surface area contributed by atoms with E-state index in [1.54, 1.807) is 0 Å². The number of anilines is 1. The SMILES string of the molecule is CCc1c(C)c2ccc(NC(=O)c3cccc4ccccc34)cc2[nH]c1=O. The van der Waals surface area contributed by atoms with Crippen LogP contribution in [0.1, 0.15) is 28.4 Å². The molecule has 0 spiro atoms. The zero-order valence-electron chi connectivity index (χ0n) is 15.3. The van der Waals surface area contributed by atoms with E-state index in [-0.39, 0.29) is 11.5 Å². The van der Waals surface area contributed by atoms with Crippen molar-refractivity contribution >= 4 is 33.3 Å². The van der Waals surface area contributed by atoms with E-state index in [1.165, 1.54) is 0 Å². The van der Waals surface area contributed by atoms with Crippen LogP contribution in [0, 0.1) is 6.92 Å².